The number of nitrogens with one attached hydrogen (secondary N) is 1. The monoisotopic (exact) mass is 300 g/mol. The predicted molar refractivity (Wildman–Crippen MR) is 85.5 cm³/mol. The number of nitrogens with zero attached hydrogens (tertiary/aromatic N) is 3. The van der Waals surface area contributed by atoms with Gasteiger partial charge < -0.3 is 10.1 Å². The van der Waals surface area contributed by atoms with Crippen molar-refractivity contribution in [3.05, 3.63) is 41.5 Å². The largest absolute Gasteiger partial charge is 0.497 e. The van der Waals surface area contributed by atoms with Crippen molar-refractivity contribution >= 4 is 16.5 Å². The van der Waals surface area contributed by atoms with Crippen LogP contribution in [0.1, 0.15) is 5.69 Å². The summed E-state index contributed by atoms with van der Waals surface area (Å²) in [6, 6.07) is 7.84. The fourth-order valence-electron chi connectivity index (χ4n) is 2.18. The highest BCUT2D eigenvalue weighted by molar-refractivity contribution is 7.14. The van der Waals surface area contributed by atoms with Crippen molar-refractivity contribution in [1.82, 2.24) is 14.8 Å². The van der Waals surface area contributed by atoms with Crippen molar-refractivity contribution in [2.75, 3.05) is 19.5 Å². The molecule has 108 valence electrons. The minimum Gasteiger partial charge on any atom is -0.497 e. The second-order valence-electron chi connectivity index (χ2n) is 4.54. The molecule has 3 rings (SSSR count). The smallest absolute Gasteiger partial charge is 0.182 e. The fourth-order valence-corrected chi connectivity index (χ4v) is 2.85. The summed E-state index contributed by atoms with van der Waals surface area (Å²) >= 11 is 1.58. The van der Waals surface area contributed by atoms with Crippen LogP contribution < -0.4 is 10.1 Å². The molecule has 0 amide bonds. The third kappa shape index (κ3) is 2.50. The summed E-state index contributed by atoms with van der Waals surface area (Å²) in [5.41, 5.74) is 4.00. The van der Waals surface area contributed by atoms with Gasteiger partial charge in [-0.15, -0.1) is 11.3 Å². The first-order chi connectivity index (χ1) is 10.2. The molecule has 1 aromatic carbocycles. The molecule has 0 fully saturated rings. The molecule has 21 heavy (non-hydrogen) atoms. The predicted octanol–water partition coefficient (Wildman–Crippen LogP) is 3.35. The van der Waals surface area contributed by atoms with Crippen molar-refractivity contribution in [3.8, 4) is 22.7 Å². The molecule has 0 atom stereocenters. The molecular formula is C15H16N4OS. The van der Waals surface area contributed by atoms with Gasteiger partial charge >= 0.3 is 0 Å². The molecule has 0 bridgehead atoms. The molecule has 0 saturated heterocycles. The van der Waals surface area contributed by atoms with E-state index >= 15 is 0 Å². The Balaban J connectivity index is 2.02. The van der Waals surface area contributed by atoms with Gasteiger partial charge in [0, 0.05) is 24.1 Å². The summed E-state index contributed by atoms with van der Waals surface area (Å²) in [6.07, 6.45) is 1.85. The number of anilines is 1. The van der Waals surface area contributed by atoms with Crippen molar-refractivity contribution in [2.45, 2.75) is 6.92 Å². The Labute approximate surface area is 127 Å². The van der Waals surface area contributed by atoms with Crippen LogP contribution in [0.2, 0.25) is 0 Å². The Hall–Kier alpha value is -2.34. The maximum absolute atomic E-state index is 5.27. The number of rotatable bonds is 4. The van der Waals surface area contributed by atoms with Gasteiger partial charge in [-0.3, -0.25) is 0 Å². The summed E-state index contributed by atoms with van der Waals surface area (Å²) < 4.78 is 7.16. The van der Waals surface area contributed by atoms with Gasteiger partial charge in [0.05, 0.1) is 30.4 Å². The van der Waals surface area contributed by atoms with E-state index in [-0.39, 0.29) is 0 Å². The summed E-state index contributed by atoms with van der Waals surface area (Å²) in [4.78, 5) is 4.53. The first-order valence-electron chi connectivity index (χ1n) is 6.55. The molecule has 0 aliphatic rings. The number of thiazole rings is 1. The van der Waals surface area contributed by atoms with Crippen LogP contribution in [0.15, 0.2) is 35.8 Å². The molecule has 0 aliphatic carbocycles. The van der Waals surface area contributed by atoms with E-state index in [4.69, 9.17) is 4.74 Å². The standard InChI is InChI=1S/C15H16N4OS/c1-10-13(14-9-21-15(16-2)18-14)8-17-19(10)11-5-4-6-12(7-11)20-3/h4-9H,1-3H3,(H,16,18). The quantitative estimate of drug-likeness (QED) is 0.803. The van der Waals surface area contributed by atoms with Crippen LogP contribution in [-0.2, 0) is 0 Å². The van der Waals surface area contributed by atoms with Crippen LogP contribution in [0.4, 0.5) is 5.13 Å². The fraction of sp³-hybridized carbons (Fsp3) is 0.200. The zero-order chi connectivity index (χ0) is 14.8. The molecule has 5 nitrogen and oxygen atoms in total. The minimum absolute atomic E-state index is 0.815. The molecule has 0 spiro atoms. The van der Waals surface area contributed by atoms with Gasteiger partial charge in [0.2, 0.25) is 0 Å². The van der Waals surface area contributed by atoms with E-state index < -0.39 is 0 Å². The van der Waals surface area contributed by atoms with E-state index in [1.807, 2.05) is 54.5 Å². The molecule has 6 heteroatoms. The number of aromatic nitrogens is 3. The summed E-state index contributed by atoms with van der Waals surface area (Å²) in [6.45, 7) is 2.04. The lowest BCUT2D eigenvalue weighted by Crippen LogP contribution is -1.99. The Bertz CT molecular complexity index is 763. The van der Waals surface area contributed by atoms with Gasteiger partial charge in [-0.25, -0.2) is 9.67 Å². The van der Waals surface area contributed by atoms with Crippen molar-refractivity contribution in [1.29, 1.82) is 0 Å². The normalized spacial score (nSPS) is 10.6. The van der Waals surface area contributed by atoms with Crippen LogP contribution >= 0.6 is 11.3 Å². The Morgan fingerprint density at radius 3 is 2.90 bits per heavy atom. The average molecular weight is 300 g/mol. The zero-order valence-electron chi connectivity index (χ0n) is 12.1. The number of ether oxygens (including phenoxy) is 1. The number of benzene rings is 1. The van der Waals surface area contributed by atoms with Crippen molar-refractivity contribution < 1.29 is 4.74 Å². The van der Waals surface area contributed by atoms with E-state index in [0.29, 0.717) is 0 Å². The average Bonchev–Trinajstić information content (AvgIpc) is 3.13. The van der Waals surface area contributed by atoms with Crippen LogP contribution in [0, 0.1) is 6.92 Å². The highest BCUT2D eigenvalue weighted by Crippen LogP contribution is 2.28. The third-order valence-corrected chi connectivity index (χ3v) is 4.16. The number of methoxy groups -OCH3 is 1. The molecule has 3 aromatic rings. The van der Waals surface area contributed by atoms with Gasteiger partial charge in [0.1, 0.15) is 5.75 Å². The van der Waals surface area contributed by atoms with E-state index in [2.05, 4.69) is 15.4 Å². The molecule has 1 N–H and O–H groups in total. The topological polar surface area (TPSA) is 52.0 Å². The lowest BCUT2D eigenvalue weighted by molar-refractivity contribution is 0.414. The summed E-state index contributed by atoms with van der Waals surface area (Å²) in [7, 11) is 3.53. The van der Waals surface area contributed by atoms with E-state index in [9.17, 15) is 0 Å². The second-order valence-corrected chi connectivity index (χ2v) is 5.40. The second kappa shape index (κ2) is 5.57. The van der Waals surface area contributed by atoms with Gasteiger partial charge in [-0.2, -0.15) is 5.10 Å². The Morgan fingerprint density at radius 2 is 2.19 bits per heavy atom. The summed E-state index contributed by atoms with van der Waals surface area (Å²) in [5.74, 6) is 0.815. The van der Waals surface area contributed by atoms with E-state index in [1.165, 1.54) is 0 Å². The zero-order valence-corrected chi connectivity index (χ0v) is 12.9. The molecule has 0 radical (unpaired) electrons. The first kappa shape index (κ1) is 13.6. The molecule has 2 heterocycles. The Kier molecular flexibility index (Phi) is 3.62. The van der Waals surface area contributed by atoms with Gasteiger partial charge in [-0.05, 0) is 19.1 Å². The minimum atomic E-state index is 0.815. The first-order valence-corrected chi connectivity index (χ1v) is 7.43. The highest BCUT2D eigenvalue weighted by Gasteiger charge is 2.13. The van der Waals surface area contributed by atoms with Crippen molar-refractivity contribution in [3.63, 3.8) is 0 Å². The molecule has 0 unspecified atom stereocenters. The van der Waals surface area contributed by atoms with Gasteiger partial charge in [-0.1, -0.05) is 6.07 Å². The molecular weight excluding hydrogens is 284 g/mol. The van der Waals surface area contributed by atoms with E-state index in [0.717, 1.165) is 33.5 Å². The maximum Gasteiger partial charge on any atom is 0.182 e. The molecule has 0 aliphatic heterocycles. The van der Waals surface area contributed by atoms with E-state index in [1.54, 1.807) is 18.4 Å². The molecule has 2 aromatic heterocycles. The lowest BCUT2D eigenvalue weighted by atomic mass is 10.2. The van der Waals surface area contributed by atoms with Gasteiger partial charge in [0.15, 0.2) is 5.13 Å². The van der Waals surface area contributed by atoms with Crippen molar-refractivity contribution in [2.24, 2.45) is 0 Å². The highest BCUT2D eigenvalue weighted by atomic mass is 32.1. The van der Waals surface area contributed by atoms with Crippen LogP contribution in [0.3, 0.4) is 0 Å². The Morgan fingerprint density at radius 1 is 1.33 bits per heavy atom. The van der Waals surface area contributed by atoms with Crippen LogP contribution in [0.5, 0.6) is 5.75 Å². The van der Waals surface area contributed by atoms with Crippen LogP contribution in [-0.4, -0.2) is 28.9 Å². The van der Waals surface area contributed by atoms with Crippen LogP contribution in [0.25, 0.3) is 16.9 Å². The number of hydrogen-bond acceptors (Lipinski definition) is 5. The lowest BCUT2D eigenvalue weighted by Gasteiger charge is -2.07. The maximum atomic E-state index is 5.27. The molecule has 0 saturated carbocycles. The van der Waals surface area contributed by atoms with Gasteiger partial charge in [0.25, 0.3) is 0 Å². The SMILES string of the molecule is CNc1nc(-c2cnn(-c3cccc(OC)c3)c2C)cs1. The summed E-state index contributed by atoms with van der Waals surface area (Å²) in [5, 5.41) is 10.5. The number of hydrogen-bond donors (Lipinski definition) is 1. The third-order valence-electron chi connectivity index (χ3n) is 3.30.